The third-order valence-electron chi connectivity index (χ3n) is 6.35. The van der Waals surface area contributed by atoms with Crippen LogP contribution in [0, 0.1) is 29.6 Å². The van der Waals surface area contributed by atoms with E-state index in [9.17, 15) is 5.11 Å². The lowest BCUT2D eigenvalue weighted by Gasteiger charge is -2.42. The molecule has 0 aromatic rings. The van der Waals surface area contributed by atoms with E-state index >= 15 is 0 Å². The van der Waals surface area contributed by atoms with Gasteiger partial charge in [-0.1, -0.05) is 54.4 Å². The Morgan fingerprint density at radius 3 is 2.64 bits per heavy atom. The highest BCUT2D eigenvalue weighted by Crippen LogP contribution is 2.51. The van der Waals surface area contributed by atoms with Crippen molar-refractivity contribution in [3.8, 4) is 11.8 Å². The van der Waals surface area contributed by atoms with E-state index in [1.165, 1.54) is 70.0 Å². The topological polar surface area (TPSA) is 20.2 Å². The van der Waals surface area contributed by atoms with E-state index in [0.29, 0.717) is 0 Å². The fourth-order valence-electron chi connectivity index (χ4n) is 4.97. The van der Waals surface area contributed by atoms with Crippen molar-refractivity contribution in [2.75, 3.05) is 11.5 Å². The average Bonchev–Trinajstić information content (AvgIpc) is 2.52. The highest BCUT2D eigenvalue weighted by Gasteiger charge is 2.36. The number of hydrogen-bond donors (Lipinski definition) is 1. The standard InChI is InChI=1S/C23H34OS/c1-17-15-20-10-5-9-19(16-25-14-6-7-18(2)24)8-3-4-11-21(17)23-13-12-22(20)23/h18-21,24H,1,3-5,8-16H2,2H3. The highest BCUT2D eigenvalue weighted by molar-refractivity contribution is 7.99. The molecule has 25 heavy (non-hydrogen) atoms. The molecule has 138 valence electrons. The Labute approximate surface area is 158 Å². The summed E-state index contributed by atoms with van der Waals surface area (Å²) >= 11 is 1.96. The van der Waals surface area contributed by atoms with Gasteiger partial charge in [-0.3, -0.25) is 0 Å². The summed E-state index contributed by atoms with van der Waals surface area (Å²) in [4.78, 5) is 0. The third kappa shape index (κ3) is 5.18. The molecule has 0 heterocycles. The summed E-state index contributed by atoms with van der Waals surface area (Å²) in [5.74, 6) is 10.5. The maximum absolute atomic E-state index is 9.20. The number of aliphatic hydroxyl groups excluding tert-OH is 1. The molecule has 0 saturated heterocycles. The van der Waals surface area contributed by atoms with Crippen molar-refractivity contribution in [1.29, 1.82) is 0 Å². The Kier molecular flexibility index (Phi) is 7.14. The van der Waals surface area contributed by atoms with Gasteiger partial charge in [-0.25, -0.2) is 0 Å². The van der Waals surface area contributed by atoms with E-state index in [1.807, 2.05) is 22.9 Å². The predicted octanol–water partition coefficient (Wildman–Crippen LogP) is 5.75. The molecule has 3 aliphatic rings. The third-order valence-corrected chi connectivity index (χ3v) is 7.41. The molecule has 0 aromatic heterocycles. The quantitative estimate of drug-likeness (QED) is 0.394. The first kappa shape index (κ1) is 19.1. The molecule has 2 bridgehead atoms. The molecule has 4 atom stereocenters. The van der Waals surface area contributed by atoms with Crippen LogP contribution in [0.2, 0.25) is 0 Å². The van der Waals surface area contributed by atoms with Crippen LogP contribution in [0.5, 0.6) is 0 Å². The molecule has 0 aromatic carbocycles. The van der Waals surface area contributed by atoms with Crippen LogP contribution >= 0.6 is 11.8 Å². The molecule has 0 radical (unpaired) electrons. The molecule has 1 saturated carbocycles. The molecule has 1 N–H and O–H groups in total. The summed E-state index contributed by atoms with van der Waals surface area (Å²) < 4.78 is 0. The van der Waals surface area contributed by atoms with Crippen LogP contribution in [0.4, 0.5) is 0 Å². The van der Waals surface area contributed by atoms with E-state index in [2.05, 4.69) is 18.4 Å². The first-order valence-corrected chi connectivity index (χ1v) is 11.4. The van der Waals surface area contributed by atoms with Gasteiger partial charge in [0.05, 0.1) is 5.75 Å². The van der Waals surface area contributed by atoms with Gasteiger partial charge in [0.15, 0.2) is 0 Å². The van der Waals surface area contributed by atoms with Crippen LogP contribution in [0.25, 0.3) is 0 Å². The van der Waals surface area contributed by atoms with E-state index in [-0.39, 0.29) is 0 Å². The Balaban J connectivity index is 1.52. The van der Waals surface area contributed by atoms with Gasteiger partial charge in [0.1, 0.15) is 6.10 Å². The molecule has 0 amide bonds. The van der Waals surface area contributed by atoms with Crippen molar-refractivity contribution >= 4 is 11.8 Å². The Hall–Kier alpha value is -0.650. The summed E-state index contributed by atoms with van der Waals surface area (Å²) in [5, 5.41) is 9.20. The van der Waals surface area contributed by atoms with E-state index in [1.54, 1.807) is 12.5 Å². The van der Waals surface area contributed by atoms with Crippen molar-refractivity contribution in [3.63, 3.8) is 0 Å². The zero-order valence-corrected chi connectivity index (χ0v) is 16.7. The Morgan fingerprint density at radius 2 is 1.88 bits per heavy atom. The van der Waals surface area contributed by atoms with E-state index in [4.69, 9.17) is 0 Å². The fraction of sp³-hybridized carbons (Fsp3) is 0.739. The van der Waals surface area contributed by atoms with Crippen LogP contribution in [-0.2, 0) is 0 Å². The molecule has 0 aliphatic heterocycles. The molecule has 3 aliphatic carbocycles. The molecule has 1 nitrogen and oxygen atoms in total. The maximum Gasteiger partial charge on any atom is 0.112 e. The van der Waals surface area contributed by atoms with Gasteiger partial charge in [0.2, 0.25) is 0 Å². The SMILES string of the molecule is C=C1CC2CCCC(CSCC#CC(C)O)CCCCC1C1=C2CC1. The Bertz CT molecular complexity index is 562. The van der Waals surface area contributed by atoms with Gasteiger partial charge in [-0.05, 0) is 69.5 Å². The Morgan fingerprint density at radius 1 is 1.12 bits per heavy atom. The monoisotopic (exact) mass is 358 g/mol. The van der Waals surface area contributed by atoms with E-state index < -0.39 is 6.10 Å². The summed E-state index contributed by atoms with van der Waals surface area (Å²) in [6.07, 6.45) is 13.2. The summed E-state index contributed by atoms with van der Waals surface area (Å²) in [7, 11) is 0. The number of rotatable bonds is 3. The predicted molar refractivity (Wildman–Crippen MR) is 110 cm³/mol. The zero-order chi connectivity index (χ0) is 17.6. The zero-order valence-electron chi connectivity index (χ0n) is 15.9. The van der Waals surface area contributed by atoms with Gasteiger partial charge in [0.25, 0.3) is 0 Å². The second kappa shape index (κ2) is 9.33. The lowest BCUT2D eigenvalue weighted by molar-refractivity contribution is 0.253. The number of fused-ring (bicyclic) bond motifs is 5. The van der Waals surface area contributed by atoms with Crippen molar-refractivity contribution < 1.29 is 5.11 Å². The largest absolute Gasteiger partial charge is 0.381 e. The first-order valence-electron chi connectivity index (χ1n) is 10.3. The average molecular weight is 359 g/mol. The van der Waals surface area contributed by atoms with Crippen LogP contribution in [0.3, 0.4) is 0 Å². The van der Waals surface area contributed by atoms with E-state index in [0.717, 1.165) is 23.5 Å². The molecule has 4 unspecified atom stereocenters. The summed E-state index contributed by atoms with van der Waals surface area (Å²) in [5.41, 5.74) is 5.20. The second-order valence-corrected chi connectivity index (χ2v) is 9.29. The minimum Gasteiger partial charge on any atom is -0.381 e. The van der Waals surface area contributed by atoms with Gasteiger partial charge in [0, 0.05) is 5.92 Å². The number of allylic oxidation sites excluding steroid dienone is 3. The summed E-state index contributed by atoms with van der Waals surface area (Å²) in [6.45, 7) is 6.19. The smallest absolute Gasteiger partial charge is 0.112 e. The number of hydrogen-bond acceptors (Lipinski definition) is 2. The van der Waals surface area contributed by atoms with Crippen molar-refractivity contribution in [2.24, 2.45) is 17.8 Å². The number of aliphatic hydroxyl groups is 1. The molecule has 1 fully saturated rings. The van der Waals surface area contributed by atoms with Gasteiger partial charge >= 0.3 is 0 Å². The van der Waals surface area contributed by atoms with Crippen LogP contribution in [-0.4, -0.2) is 22.7 Å². The molecule has 0 spiro atoms. The molecule has 3 rings (SSSR count). The first-order chi connectivity index (χ1) is 12.1. The second-order valence-electron chi connectivity index (χ2n) is 8.26. The maximum atomic E-state index is 9.20. The van der Waals surface area contributed by atoms with Crippen LogP contribution in [0.15, 0.2) is 23.3 Å². The van der Waals surface area contributed by atoms with Gasteiger partial charge < -0.3 is 5.11 Å². The van der Waals surface area contributed by atoms with Gasteiger partial charge in [-0.2, -0.15) is 0 Å². The minimum absolute atomic E-state index is 0.488. The normalized spacial score (nSPS) is 31.1. The van der Waals surface area contributed by atoms with Crippen molar-refractivity contribution in [2.45, 2.75) is 77.2 Å². The number of thioether (sulfide) groups is 1. The fourth-order valence-corrected chi connectivity index (χ4v) is 5.94. The lowest BCUT2D eigenvalue weighted by atomic mass is 9.63. The van der Waals surface area contributed by atoms with Gasteiger partial charge in [-0.15, -0.1) is 11.8 Å². The highest BCUT2D eigenvalue weighted by atomic mass is 32.2. The molecular weight excluding hydrogens is 324 g/mol. The lowest BCUT2D eigenvalue weighted by Crippen LogP contribution is -2.28. The van der Waals surface area contributed by atoms with Crippen LogP contribution in [0.1, 0.15) is 71.1 Å². The minimum atomic E-state index is -0.488. The van der Waals surface area contributed by atoms with Crippen molar-refractivity contribution in [3.05, 3.63) is 23.3 Å². The van der Waals surface area contributed by atoms with Crippen molar-refractivity contribution in [1.82, 2.24) is 0 Å². The molecule has 2 heteroatoms. The summed E-state index contributed by atoms with van der Waals surface area (Å²) in [6, 6.07) is 0. The molecular formula is C23H34OS. The van der Waals surface area contributed by atoms with Crippen LogP contribution < -0.4 is 0 Å².